The van der Waals surface area contributed by atoms with Gasteiger partial charge in [0.15, 0.2) is 0 Å². The first-order valence-electron chi connectivity index (χ1n) is 5.78. The number of benzene rings is 2. The average Bonchev–Trinajstić information content (AvgIpc) is 2.78. The molecule has 3 aromatic rings. The number of halogens is 4. The minimum absolute atomic E-state index is 0.180. The van der Waals surface area contributed by atoms with Crippen LogP contribution in [0.25, 0.3) is 16.7 Å². The summed E-state index contributed by atoms with van der Waals surface area (Å²) in [6.07, 6.45) is 0. The van der Waals surface area contributed by atoms with Crippen molar-refractivity contribution < 1.29 is 4.39 Å². The second-order valence-electron chi connectivity index (χ2n) is 4.23. The average molecular weight is 330 g/mol. The third-order valence-corrected chi connectivity index (χ3v) is 3.75. The van der Waals surface area contributed by atoms with E-state index in [1.165, 1.54) is 12.1 Å². The van der Waals surface area contributed by atoms with E-state index in [-0.39, 0.29) is 11.7 Å². The molecule has 0 saturated carbocycles. The number of alkyl halides is 1. The molecule has 102 valence electrons. The Balaban J connectivity index is 2.37. The van der Waals surface area contributed by atoms with Gasteiger partial charge < -0.3 is 0 Å². The van der Waals surface area contributed by atoms with Crippen LogP contribution in [0.15, 0.2) is 36.4 Å². The van der Waals surface area contributed by atoms with Crippen LogP contribution >= 0.6 is 34.8 Å². The van der Waals surface area contributed by atoms with Gasteiger partial charge in [-0.3, -0.25) is 4.57 Å². The highest BCUT2D eigenvalue weighted by Crippen LogP contribution is 2.30. The first-order valence-corrected chi connectivity index (χ1v) is 7.07. The summed E-state index contributed by atoms with van der Waals surface area (Å²) in [5.41, 5.74) is 1.92. The maximum atomic E-state index is 13.3. The molecule has 0 atom stereocenters. The van der Waals surface area contributed by atoms with E-state index < -0.39 is 0 Å². The van der Waals surface area contributed by atoms with Crippen LogP contribution in [0.1, 0.15) is 5.82 Å². The number of fused-ring (bicyclic) bond motifs is 1. The van der Waals surface area contributed by atoms with Gasteiger partial charge in [0.2, 0.25) is 0 Å². The predicted molar refractivity (Wildman–Crippen MR) is 80.6 cm³/mol. The number of rotatable bonds is 2. The molecule has 3 rings (SSSR count). The van der Waals surface area contributed by atoms with E-state index >= 15 is 0 Å². The molecule has 1 aromatic heterocycles. The molecule has 0 bridgehead atoms. The monoisotopic (exact) mass is 328 g/mol. The van der Waals surface area contributed by atoms with Gasteiger partial charge in [-0.05, 0) is 30.3 Å². The van der Waals surface area contributed by atoms with Crippen molar-refractivity contribution >= 4 is 45.8 Å². The van der Waals surface area contributed by atoms with Crippen molar-refractivity contribution in [3.05, 3.63) is 58.1 Å². The number of hydrogen-bond donors (Lipinski definition) is 0. The smallest absolute Gasteiger partial charge is 0.129 e. The highest BCUT2D eigenvalue weighted by Gasteiger charge is 2.15. The lowest BCUT2D eigenvalue weighted by Crippen LogP contribution is -2.00. The minimum Gasteiger partial charge on any atom is -0.294 e. The van der Waals surface area contributed by atoms with E-state index in [1.54, 1.807) is 28.8 Å². The molecule has 0 saturated heterocycles. The van der Waals surface area contributed by atoms with Gasteiger partial charge in [-0.15, -0.1) is 11.6 Å². The SMILES string of the molecule is Fc1ccc2c(c1)nc(CCl)n2-c1cc(Cl)ccc1Cl. The summed E-state index contributed by atoms with van der Waals surface area (Å²) in [6.45, 7) is 0. The molecule has 2 nitrogen and oxygen atoms in total. The minimum atomic E-state index is -0.347. The summed E-state index contributed by atoms with van der Waals surface area (Å²) < 4.78 is 15.1. The summed E-state index contributed by atoms with van der Waals surface area (Å²) in [5.74, 6) is 0.413. The van der Waals surface area contributed by atoms with Crippen molar-refractivity contribution in [1.29, 1.82) is 0 Å². The zero-order valence-electron chi connectivity index (χ0n) is 10.1. The number of hydrogen-bond acceptors (Lipinski definition) is 1. The van der Waals surface area contributed by atoms with Crippen molar-refractivity contribution in [2.45, 2.75) is 5.88 Å². The molecule has 6 heteroatoms. The molecule has 0 amide bonds. The molecule has 0 aliphatic heterocycles. The topological polar surface area (TPSA) is 17.8 Å². The van der Waals surface area contributed by atoms with Gasteiger partial charge in [0, 0.05) is 11.1 Å². The number of aromatic nitrogens is 2. The Morgan fingerprint density at radius 1 is 1.10 bits per heavy atom. The van der Waals surface area contributed by atoms with E-state index in [1.807, 2.05) is 0 Å². The van der Waals surface area contributed by atoms with E-state index in [4.69, 9.17) is 34.8 Å². The highest BCUT2D eigenvalue weighted by atomic mass is 35.5. The summed E-state index contributed by atoms with van der Waals surface area (Å²) in [6, 6.07) is 9.51. The van der Waals surface area contributed by atoms with Crippen LogP contribution in [0.3, 0.4) is 0 Å². The van der Waals surface area contributed by atoms with Crippen LogP contribution < -0.4 is 0 Å². The molecule has 20 heavy (non-hydrogen) atoms. The fourth-order valence-corrected chi connectivity index (χ4v) is 2.67. The van der Waals surface area contributed by atoms with E-state index in [0.717, 1.165) is 5.52 Å². The Labute approximate surface area is 129 Å². The lowest BCUT2D eigenvalue weighted by atomic mass is 10.2. The molecule has 0 N–H and O–H groups in total. The normalized spacial score (nSPS) is 11.2. The molecule has 0 spiro atoms. The second-order valence-corrected chi connectivity index (χ2v) is 5.34. The summed E-state index contributed by atoms with van der Waals surface area (Å²) in [4.78, 5) is 4.33. The van der Waals surface area contributed by atoms with E-state index in [0.29, 0.717) is 27.1 Å². The summed E-state index contributed by atoms with van der Waals surface area (Å²) >= 11 is 18.2. The largest absolute Gasteiger partial charge is 0.294 e. The standard InChI is InChI=1S/C14H8Cl3FN2/c15-7-14-19-11-6-9(18)2-4-12(11)20(14)13-5-8(16)1-3-10(13)17/h1-6H,7H2. The zero-order valence-corrected chi connectivity index (χ0v) is 12.3. The Bertz CT molecular complexity index is 798. The Morgan fingerprint density at radius 2 is 1.90 bits per heavy atom. The highest BCUT2D eigenvalue weighted by molar-refractivity contribution is 6.34. The molecule has 1 heterocycles. The Morgan fingerprint density at radius 3 is 2.65 bits per heavy atom. The molecule has 0 aliphatic carbocycles. The number of nitrogens with zero attached hydrogens (tertiary/aromatic N) is 2. The van der Waals surface area contributed by atoms with Crippen molar-refractivity contribution in [2.24, 2.45) is 0 Å². The first-order chi connectivity index (χ1) is 9.60. The molecule has 0 unspecified atom stereocenters. The molecule has 0 fully saturated rings. The van der Waals surface area contributed by atoms with Gasteiger partial charge in [-0.2, -0.15) is 0 Å². The molecule has 2 aromatic carbocycles. The lowest BCUT2D eigenvalue weighted by Gasteiger charge is -2.10. The van der Waals surface area contributed by atoms with E-state index in [2.05, 4.69) is 4.98 Å². The summed E-state index contributed by atoms with van der Waals surface area (Å²) in [5, 5.41) is 1.07. The van der Waals surface area contributed by atoms with Crippen LogP contribution in [0.2, 0.25) is 10.0 Å². The van der Waals surface area contributed by atoms with Gasteiger partial charge >= 0.3 is 0 Å². The first kappa shape index (κ1) is 13.7. The molecular weight excluding hydrogens is 322 g/mol. The fraction of sp³-hybridized carbons (Fsp3) is 0.0714. The lowest BCUT2D eigenvalue weighted by molar-refractivity contribution is 0.629. The van der Waals surface area contributed by atoms with Gasteiger partial charge in [0.25, 0.3) is 0 Å². The van der Waals surface area contributed by atoms with Crippen LogP contribution in [-0.2, 0) is 5.88 Å². The molecule has 0 radical (unpaired) electrons. The molecular formula is C14H8Cl3FN2. The predicted octanol–water partition coefficient (Wildman–Crippen LogP) is 5.21. The van der Waals surface area contributed by atoms with Gasteiger partial charge in [0.1, 0.15) is 11.6 Å². The van der Waals surface area contributed by atoms with Gasteiger partial charge in [-0.25, -0.2) is 9.37 Å². The maximum absolute atomic E-state index is 13.3. The Kier molecular flexibility index (Phi) is 3.59. The van der Waals surface area contributed by atoms with Crippen molar-refractivity contribution in [3.8, 4) is 5.69 Å². The van der Waals surface area contributed by atoms with Crippen LogP contribution in [-0.4, -0.2) is 9.55 Å². The molecule has 0 aliphatic rings. The van der Waals surface area contributed by atoms with Crippen molar-refractivity contribution in [2.75, 3.05) is 0 Å². The van der Waals surface area contributed by atoms with Gasteiger partial charge in [-0.1, -0.05) is 23.2 Å². The zero-order chi connectivity index (χ0) is 14.3. The van der Waals surface area contributed by atoms with Crippen molar-refractivity contribution in [3.63, 3.8) is 0 Å². The Hall–Kier alpha value is -1.29. The van der Waals surface area contributed by atoms with Gasteiger partial charge in [0.05, 0.1) is 27.6 Å². The fourth-order valence-electron chi connectivity index (χ4n) is 2.12. The van der Waals surface area contributed by atoms with E-state index in [9.17, 15) is 4.39 Å². The van der Waals surface area contributed by atoms with Crippen LogP contribution in [0.5, 0.6) is 0 Å². The van der Waals surface area contributed by atoms with Crippen LogP contribution in [0, 0.1) is 5.82 Å². The number of imidazole rings is 1. The van der Waals surface area contributed by atoms with Crippen molar-refractivity contribution in [1.82, 2.24) is 9.55 Å². The third-order valence-electron chi connectivity index (χ3n) is 2.95. The summed E-state index contributed by atoms with van der Waals surface area (Å²) in [7, 11) is 0. The quantitative estimate of drug-likeness (QED) is 0.590. The van der Waals surface area contributed by atoms with Crippen LogP contribution in [0.4, 0.5) is 4.39 Å². The third kappa shape index (κ3) is 2.26. The maximum Gasteiger partial charge on any atom is 0.129 e. The second kappa shape index (κ2) is 5.24.